The zero-order valence-corrected chi connectivity index (χ0v) is 9.42. The number of halogens is 1. The topological polar surface area (TPSA) is 33.1 Å². The molecular formula is C9H17ClN4. The Hall–Kier alpha value is -0.740. The molecule has 1 aliphatic rings. The molecule has 5 heteroatoms. The molecule has 1 aliphatic heterocycles. The third-order valence-electron chi connectivity index (χ3n) is 2.50. The zero-order chi connectivity index (χ0) is 9.26. The standard InChI is InChI=1S/C9H16N4.ClH/c1-8-7-10-4-6-13(8)9-3-5-12(2)11-9;/h3,5,8,10H,4,6-7H2,1-2H3;1H/t8-;/m0./s1. The summed E-state index contributed by atoms with van der Waals surface area (Å²) in [4.78, 5) is 2.34. The van der Waals surface area contributed by atoms with Crippen molar-refractivity contribution < 1.29 is 0 Å². The molecular weight excluding hydrogens is 200 g/mol. The molecule has 1 fully saturated rings. The van der Waals surface area contributed by atoms with Gasteiger partial charge in [0, 0.05) is 45.0 Å². The minimum absolute atomic E-state index is 0. The van der Waals surface area contributed by atoms with Gasteiger partial charge < -0.3 is 10.2 Å². The SMILES string of the molecule is C[C@H]1CNCCN1c1ccn(C)n1.Cl. The van der Waals surface area contributed by atoms with Crippen molar-refractivity contribution in [2.24, 2.45) is 7.05 Å². The zero-order valence-electron chi connectivity index (χ0n) is 8.60. The third-order valence-corrected chi connectivity index (χ3v) is 2.50. The van der Waals surface area contributed by atoms with Crippen LogP contribution in [0.3, 0.4) is 0 Å². The molecule has 0 unspecified atom stereocenters. The number of piperazine rings is 1. The normalized spacial score (nSPS) is 21.9. The summed E-state index contributed by atoms with van der Waals surface area (Å²) in [6.45, 7) is 5.39. The predicted octanol–water partition coefficient (Wildman–Crippen LogP) is 0.640. The van der Waals surface area contributed by atoms with Gasteiger partial charge in [-0.1, -0.05) is 0 Å². The summed E-state index contributed by atoms with van der Waals surface area (Å²) >= 11 is 0. The molecule has 0 amide bonds. The molecule has 1 aromatic heterocycles. The minimum atomic E-state index is 0. The fraction of sp³-hybridized carbons (Fsp3) is 0.667. The summed E-state index contributed by atoms with van der Waals surface area (Å²) in [6, 6.07) is 2.62. The molecule has 2 rings (SSSR count). The molecule has 0 aliphatic carbocycles. The van der Waals surface area contributed by atoms with Gasteiger partial charge in [-0.2, -0.15) is 5.10 Å². The molecule has 0 spiro atoms. The van der Waals surface area contributed by atoms with Crippen molar-refractivity contribution in [2.75, 3.05) is 24.5 Å². The highest BCUT2D eigenvalue weighted by atomic mass is 35.5. The number of hydrogen-bond donors (Lipinski definition) is 1. The van der Waals surface area contributed by atoms with Gasteiger partial charge in [0.1, 0.15) is 0 Å². The van der Waals surface area contributed by atoms with Crippen molar-refractivity contribution >= 4 is 18.2 Å². The Balaban J connectivity index is 0.000000980. The summed E-state index contributed by atoms with van der Waals surface area (Å²) in [6.07, 6.45) is 1.99. The van der Waals surface area contributed by atoms with Crippen LogP contribution in [0.5, 0.6) is 0 Å². The summed E-state index contributed by atoms with van der Waals surface area (Å²) in [5.41, 5.74) is 0. The summed E-state index contributed by atoms with van der Waals surface area (Å²) in [5.74, 6) is 1.09. The Labute approximate surface area is 90.7 Å². The molecule has 80 valence electrons. The van der Waals surface area contributed by atoms with Crippen LogP contribution in [0.15, 0.2) is 12.3 Å². The highest BCUT2D eigenvalue weighted by molar-refractivity contribution is 5.85. The maximum Gasteiger partial charge on any atom is 0.150 e. The summed E-state index contributed by atoms with van der Waals surface area (Å²) in [7, 11) is 1.95. The molecule has 0 radical (unpaired) electrons. The Kier molecular flexibility index (Phi) is 3.77. The monoisotopic (exact) mass is 216 g/mol. The van der Waals surface area contributed by atoms with E-state index in [2.05, 4.69) is 28.3 Å². The fourth-order valence-corrected chi connectivity index (χ4v) is 1.74. The molecule has 4 nitrogen and oxygen atoms in total. The van der Waals surface area contributed by atoms with Crippen LogP contribution in [-0.4, -0.2) is 35.5 Å². The Morgan fingerprint density at radius 3 is 2.93 bits per heavy atom. The summed E-state index contributed by atoms with van der Waals surface area (Å²) < 4.78 is 1.85. The van der Waals surface area contributed by atoms with Crippen LogP contribution in [0.25, 0.3) is 0 Å². The highest BCUT2D eigenvalue weighted by Gasteiger charge is 2.19. The van der Waals surface area contributed by atoms with Crippen molar-refractivity contribution in [1.29, 1.82) is 0 Å². The first kappa shape index (κ1) is 11.3. The van der Waals surface area contributed by atoms with Crippen LogP contribution < -0.4 is 10.2 Å². The van der Waals surface area contributed by atoms with Gasteiger partial charge in [0.2, 0.25) is 0 Å². The minimum Gasteiger partial charge on any atom is -0.350 e. The lowest BCUT2D eigenvalue weighted by Crippen LogP contribution is -2.50. The van der Waals surface area contributed by atoms with Crippen LogP contribution in [-0.2, 0) is 7.05 Å². The van der Waals surface area contributed by atoms with E-state index in [0.717, 1.165) is 25.5 Å². The van der Waals surface area contributed by atoms with E-state index in [1.807, 2.05) is 17.9 Å². The van der Waals surface area contributed by atoms with Gasteiger partial charge in [-0.25, -0.2) is 0 Å². The lowest BCUT2D eigenvalue weighted by molar-refractivity contribution is 0.495. The average Bonchev–Trinajstić information content (AvgIpc) is 2.53. The van der Waals surface area contributed by atoms with E-state index in [0.29, 0.717) is 6.04 Å². The van der Waals surface area contributed by atoms with Crippen LogP contribution >= 0.6 is 12.4 Å². The molecule has 1 N–H and O–H groups in total. The Bertz CT molecular complexity index is 286. The third kappa shape index (κ3) is 2.19. The van der Waals surface area contributed by atoms with Crippen molar-refractivity contribution in [2.45, 2.75) is 13.0 Å². The maximum atomic E-state index is 4.40. The van der Waals surface area contributed by atoms with Crippen LogP contribution in [0.4, 0.5) is 5.82 Å². The van der Waals surface area contributed by atoms with Gasteiger partial charge in [0.05, 0.1) is 0 Å². The van der Waals surface area contributed by atoms with Gasteiger partial charge in [-0.3, -0.25) is 4.68 Å². The number of nitrogens with one attached hydrogen (secondary N) is 1. The van der Waals surface area contributed by atoms with Gasteiger partial charge in [-0.15, -0.1) is 12.4 Å². The van der Waals surface area contributed by atoms with Crippen molar-refractivity contribution in [3.63, 3.8) is 0 Å². The number of aromatic nitrogens is 2. The van der Waals surface area contributed by atoms with Crippen LogP contribution in [0.2, 0.25) is 0 Å². The Morgan fingerprint density at radius 1 is 1.57 bits per heavy atom. The number of aryl methyl sites for hydroxylation is 1. The molecule has 0 saturated carbocycles. The Morgan fingerprint density at radius 2 is 2.36 bits per heavy atom. The first-order chi connectivity index (χ1) is 6.27. The van der Waals surface area contributed by atoms with Crippen molar-refractivity contribution in [1.82, 2.24) is 15.1 Å². The number of nitrogens with zero attached hydrogens (tertiary/aromatic N) is 3. The van der Waals surface area contributed by atoms with Gasteiger partial charge in [-0.05, 0) is 6.92 Å². The molecule has 1 saturated heterocycles. The number of anilines is 1. The van der Waals surface area contributed by atoms with Gasteiger partial charge in [0.15, 0.2) is 5.82 Å². The second-order valence-corrected chi connectivity index (χ2v) is 3.59. The van der Waals surface area contributed by atoms with E-state index in [4.69, 9.17) is 0 Å². The second-order valence-electron chi connectivity index (χ2n) is 3.59. The molecule has 1 aromatic rings. The number of rotatable bonds is 1. The molecule has 0 aromatic carbocycles. The van der Waals surface area contributed by atoms with Crippen molar-refractivity contribution in [3.05, 3.63) is 12.3 Å². The van der Waals surface area contributed by atoms with Crippen LogP contribution in [0.1, 0.15) is 6.92 Å². The van der Waals surface area contributed by atoms with E-state index in [1.54, 1.807) is 0 Å². The van der Waals surface area contributed by atoms with Gasteiger partial charge in [0.25, 0.3) is 0 Å². The van der Waals surface area contributed by atoms with Crippen LogP contribution in [0, 0.1) is 0 Å². The predicted molar refractivity (Wildman–Crippen MR) is 60.1 cm³/mol. The molecule has 0 bridgehead atoms. The summed E-state index contributed by atoms with van der Waals surface area (Å²) in [5, 5.41) is 7.76. The van der Waals surface area contributed by atoms with E-state index in [-0.39, 0.29) is 12.4 Å². The number of hydrogen-bond acceptors (Lipinski definition) is 3. The second kappa shape index (κ2) is 4.66. The van der Waals surface area contributed by atoms with Crippen molar-refractivity contribution in [3.8, 4) is 0 Å². The molecule has 1 atom stereocenters. The van der Waals surface area contributed by atoms with E-state index < -0.39 is 0 Å². The maximum absolute atomic E-state index is 4.40. The van der Waals surface area contributed by atoms with E-state index in [9.17, 15) is 0 Å². The van der Waals surface area contributed by atoms with Gasteiger partial charge >= 0.3 is 0 Å². The molecule has 14 heavy (non-hydrogen) atoms. The van der Waals surface area contributed by atoms with E-state index >= 15 is 0 Å². The smallest absolute Gasteiger partial charge is 0.150 e. The molecule has 2 heterocycles. The lowest BCUT2D eigenvalue weighted by atomic mass is 10.2. The largest absolute Gasteiger partial charge is 0.350 e. The highest BCUT2D eigenvalue weighted by Crippen LogP contribution is 2.14. The first-order valence-electron chi connectivity index (χ1n) is 4.74. The average molecular weight is 217 g/mol. The fourth-order valence-electron chi connectivity index (χ4n) is 1.74. The first-order valence-corrected chi connectivity index (χ1v) is 4.74. The quantitative estimate of drug-likeness (QED) is 0.748. The van der Waals surface area contributed by atoms with E-state index in [1.165, 1.54) is 0 Å². The lowest BCUT2D eigenvalue weighted by Gasteiger charge is -2.33.